The van der Waals surface area contributed by atoms with Gasteiger partial charge in [-0.2, -0.15) is 0 Å². The Balaban J connectivity index is 2.41. The van der Waals surface area contributed by atoms with Crippen LogP contribution in [0.1, 0.15) is 25.8 Å². The molecule has 0 unspecified atom stereocenters. The van der Waals surface area contributed by atoms with Crippen LogP contribution in [0, 0.1) is 0 Å². The van der Waals surface area contributed by atoms with Crippen molar-refractivity contribution >= 4 is 23.4 Å². The van der Waals surface area contributed by atoms with Crippen LogP contribution in [-0.4, -0.2) is 48.3 Å². The van der Waals surface area contributed by atoms with E-state index in [1.54, 1.807) is 26.0 Å². The van der Waals surface area contributed by atoms with E-state index in [0.717, 1.165) is 10.5 Å². The number of aromatic nitrogens is 2. The van der Waals surface area contributed by atoms with Gasteiger partial charge in [0.25, 0.3) is 11.5 Å². The Morgan fingerprint density at radius 2 is 1.88 bits per heavy atom. The van der Waals surface area contributed by atoms with Gasteiger partial charge in [-0.1, -0.05) is 35.9 Å². The lowest BCUT2D eigenvalue weighted by molar-refractivity contribution is -0.143. The number of aromatic amines is 1. The maximum absolute atomic E-state index is 12.9. The topological polar surface area (TPSA) is 137 Å². The van der Waals surface area contributed by atoms with Crippen molar-refractivity contribution in [2.45, 2.75) is 26.8 Å². The van der Waals surface area contributed by atoms with Crippen molar-refractivity contribution < 1.29 is 19.1 Å². The minimum Gasteiger partial charge on any atom is -0.452 e. The number of nitrogens with one attached hydrogen (secondary N) is 1. The number of nitrogen functional groups attached to an aromatic ring is 1. The summed E-state index contributed by atoms with van der Waals surface area (Å²) in [7, 11) is 1.51. The lowest BCUT2D eigenvalue weighted by Crippen LogP contribution is -2.43. The number of hydrogen-bond donors (Lipinski definition) is 2. The molecule has 1 aromatic heterocycles. The first kappa shape index (κ1) is 24.6. The second-order valence-electron chi connectivity index (χ2n) is 7.29. The average molecular weight is 444 g/mol. The zero-order valence-electron chi connectivity index (χ0n) is 18.4. The van der Waals surface area contributed by atoms with Crippen molar-refractivity contribution in [1.82, 2.24) is 9.55 Å². The van der Waals surface area contributed by atoms with Crippen molar-refractivity contribution in [3.05, 3.63) is 68.4 Å². The number of carbonyl (C=O) groups is 2. The number of methoxy groups -OCH3 is 1. The van der Waals surface area contributed by atoms with Gasteiger partial charge in [0, 0.05) is 26.3 Å². The molecule has 10 heteroatoms. The SMILES string of the molecule is COCCCN(C(=O)COC(=O)C=C(C)C)c1c(N)n(Cc2ccccc2)c(=O)[nH]c1=O. The second-order valence-corrected chi connectivity index (χ2v) is 7.29. The molecule has 1 amide bonds. The van der Waals surface area contributed by atoms with Crippen molar-refractivity contribution in [3.63, 3.8) is 0 Å². The van der Waals surface area contributed by atoms with Crippen LogP contribution in [0.15, 0.2) is 51.6 Å². The van der Waals surface area contributed by atoms with Gasteiger partial charge < -0.3 is 20.1 Å². The molecule has 3 N–H and O–H groups in total. The fourth-order valence-electron chi connectivity index (χ4n) is 2.98. The van der Waals surface area contributed by atoms with E-state index in [1.807, 2.05) is 18.2 Å². The minimum atomic E-state index is -0.807. The molecule has 0 bridgehead atoms. The molecule has 0 aliphatic heterocycles. The average Bonchev–Trinajstić information content (AvgIpc) is 2.74. The molecule has 32 heavy (non-hydrogen) atoms. The van der Waals surface area contributed by atoms with Gasteiger partial charge in [0.05, 0.1) is 6.54 Å². The smallest absolute Gasteiger partial charge is 0.331 e. The van der Waals surface area contributed by atoms with Crippen LogP contribution in [0.5, 0.6) is 0 Å². The number of H-pyrrole nitrogens is 1. The van der Waals surface area contributed by atoms with Crippen LogP contribution >= 0.6 is 0 Å². The molecular weight excluding hydrogens is 416 g/mol. The van der Waals surface area contributed by atoms with Crippen molar-refractivity contribution in [2.75, 3.05) is 37.5 Å². The Hall–Kier alpha value is -3.66. The van der Waals surface area contributed by atoms with Crippen molar-refractivity contribution in [2.24, 2.45) is 0 Å². The zero-order chi connectivity index (χ0) is 23.7. The Morgan fingerprint density at radius 3 is 2.50 bits per heavy atom. The number of rotatable bonds is 10. The molecule has 0 atom stereocenters. The molecule has 172 valence electrons. The van der Waals surface area contributed by atoms with Gasteiger partial charge in [-0.05, 0) is 25.8 Å². The molecule has 0 aliphatic carbocycles. The van der Waals surface area contributed by atoms with E-state index < -0.39 is 29.7 Å². The number of carbonyl (C=O) groups excluding carboxylic acids is 2. The Morgan fingerprint density at radius 1 is 1.19 bits per heavy atom. The predicted octanol–water partition coefficient (Wildman–Crippen LogP) is 1.05. The van der Waals surface area contributed by atoms with E-state index in [1.165, 1.54) is 17.8 Å². The molecule has 2 aromatic rings. The van der Waals surface area contributed by atoms with Crippen LogP contribution in [0.25, 0.3) is 0 Å². The highest BCUT2D eigenvalue weighted by Crippen LogP contribution is 2.18. The summed E-state index contributed by atoms with van der Waals surface area (Å²) in [6.07, 6.45) is 1.64. The molecule has 0 radical (unpaired) electrons. The maximum Gasteiger partial charge on any atom is 0.331 e. The summed E-state index contributed by atoms with van der Waals surface area (Å²) >= 11 is 0. The van der Waals surface area contributed by atoms with E-state index in [4.69, 9.17) is 15.2 Å². The molecule has 0 aliphatic rings. The molecule has 0 spiro atoms. The first-order valence-electron chi connectivity index (χ1n) is 10.0. The summed E-state index contributed by atoms with van der Waals surface area (Å²) in [5.74, 6) is -1.49. The number of anilines is 2. The number of benzene rings is 1. The van der Waals surface area contributed by atoms with Crippen LogP contribution in [-0.2, 0) is 25.6 Å². The largest absolute Gasteiger partial charge is 0.452 e. The molecule has 0 fully saturated rings. The number of nitrogens with two attached hydrogens (primary N) is 1. The quantitative estimate of drug-likeness (QED) is 0.317. The summed E-state index contributed by atoms with van der Waals surface area (Å²) in [6, 6.07) is 9.07. The third-order valence-corrected chi connectivity index (χ3v) is 4.44. The lowest BCUT2D eigenvalue weighted by atomic mass is 10.2. The number of ether oxygens (including phenoxy) is 2. The maximum atomic E-state index is 12.9. The summed E-state index contributed by atoms with van der Waals surface area (Å²) in [5.41, 5.74) is 6.02. The molecule has 10 nitrogen and oxygen atoms in total. The highest BCUT2D eigenvalue weighted by atomic mass is 16.5. The third-order valence-electron chi connectivity index (χ3n) is 4.44. The Bertz CT molecular complexity index is 1080. The monoisotopic (exact) mass is 444 g/mol. The molecule has 1 heterocycles. The second kappa shape index (κ2) is 11.7. The highest BCUT2D eigenvalue weighted by molar-refractivity contribution is 5.97. The van der Waals surface area contributed by atoms with Gasteiger partial charge in [0.2, 0.25) is 0 Å². The van der Waals surface area contributed by atoms with Gasteiger partial charge in [-0.25, -0.2) is 9.59 Å². The normalized spacial score (nSPS) is 10.5. The van der Waals surface area contributed by atoms with E-state index in [0.29, 0.717) is 18.6 Å². The predicted molar refractivity (Wildman–Crippen MR) is 121 cm³/mol. The van der Waals surface area contributed by atoms with Gasteiger partial charge in [0.1, 0.15) is 5.82 Å². The summed E-state index contributed by atoms with van der Waals surface area (Å²) < 4.78 is 11.2. The first-order valence-corrected chi connectivity index (χ1v) is 10.0. The number of hydrogen-bond acceptors (Lipinski definition) is 7. The lowest BCUT2D eigenvalue weighted by Gasteiger charge is -2.24. The first-order chi connectivity index (χ1) is 15.2. The van der Waals surface area contributed by atoms with Gasteiger partial charge in [-0.15, -0.1) is 0 Å². The van der Waals surface area contributed by atoms with E-state index in [9.17, 15) is 19.2 Å². The van der Waals surface area contributed by atoms with Crippen LogP contribution in [0.4, 0.5) is 11.5 Å². The molecule has 2 rings (SSSR count). The van der Waals surface area contributed by atoms with Gasteiger partial charge in [0.15, 0.2) is 12.3 Å². The fraction of sp³-hybridized carbons (Fsp3) is 0.364. The number of esters is 1. The summed E-state index contributed by atoms with van der Waals surface area (Å²) in [6.45, 7) is 3.34. The molecule has 0 saturated heterocycles. The van der Waals surface area contributed by atoms with E-state index in [2.05, 4.69) is 4.98 Å². The molecule has 0 saturated carbocycles. The van der Waals surface area contributed by atoms with E-state index >= 15 is 0 Å². The third kappa shape index (κ3) is 6.67. The molecule has 1 aromatic carbocycles. The number of allylic oxidation sites excluding steroid dienone is 1. The summed E-state index contributed by atoms with van der Waals surface area (Å²) in [4.78, 5) is 53.0. The van der Waals surface area contributed by atoms with E-state index in [-0.39, 0.29) is 24.6 Å². The van der Waals surface area contributed by atoms with Crippen molar-refractivity contribution in [1.29, 1.82) is 0 Å². The number of nitrogens with zero attached hydrogens (tertiary/aromatic N) is 2. The van der Waals surface area contributed by atoms with Crippen LogP contribution in [0.2, 0.25) is 0 Å². The van der Waals surface area contributed by atoms with Gasteiger partial charge >= 0.3 is 11.7 Å². The van der Waals surface area contributed by atoms with Crippen molar-refractivity contribution in [3.8, 4) is 0 Å². The zero-order valence-corrected chi connectivity index (χ0v) is 18.4. The summed E-state index contributed by atoms with van der Waals surface area (Å²) in [5, 5.41) is 0. The van der Waals surface area contributed by atoms with Gasteiger partial charge in [-0.3, -0.25) is 19.1 Å². The highest BCUT2D eigenvalue weighted by Gasteiger charge is 2.25. The minimum absolute atomic E-state index is 0.0731. The number of amides is 1. The Labute approximate surface area is 185 Å². The fourth-order valence-corrected chi connectivity index (χ4v) is 2.98. The molecular formula is C22H28N4O6. The Kier molecular flexibility index (Phi) is 8.96. The van der Waals surface area contributed by atoms with Crippen LogP contribution in [0.3, 0.4) is 0 Å². The standard InChI is InChI=1S/C22H28N4O6/c1-15(2)12-18(28)32-14-17(27)25(10-7-11-31-3)19-20(23)26(22(30)24-21(19)29)13-16-8-5-4-6-9-16/h4-6,8-9,12H,7,10-11,13-14,23H2,1-3H3,(H,24,29,30). The van der Waals surface area contributed by atoms with Crippen LogP contribution < -0.4 is 21.9 Å².